The molecule has 0 aromatic heterocycles. The highest BCUT2D eigenvalue weighted by molar-refractivity contribution is 5.94. The molecule has 5 nitrogen and oxygen atoms in total. The smallest absolute Gasteiger partial charge is 0.328 e. The van der Waals surface area contributed by atoms with Gasteiger partial charge >= 0.3 is 5.97 Å². The lowest BCUT2D eigenvalue weighted by Gasteiger charge is -2.30. The van der Waals surface area contributed by atoms with Gasteiger partial charge in [-0.2, -0.15) is 0 Å². The molecule has 1 aliphatic heterocycles. The van der Waals surface area contributed by atoms with Crippen molar-refractivity contribution in [1.82, 2.24) is 10.2 Å². The number of benzene rings is 1. The third kappa shape index (κ3) is 4.72. The van der Waals surface area contributed by atoms with E-state index >= 15 is 0 Å². The largest absolute Gasteiger partial charge is 0.478 e. The van der Waals surface area contributed by atoms with Gasteiger partial charge in [-0.1, -0.05) is 12.1 Å². The molecule has 2 N–H and O–H groups in total. The Balaban J connectivity index is 1.95. The molecule has 0 saturated carbocycles. The van der Waals surface area contributed by atoms with Crippen LogP contribution in [0.3, 0.4) is 0 Å². The average molecular weight is 288 g/mol. The van der Waals surface area contributed by atoms with E-state index in [0.29, 0.717) is 5.56 Å². The van der Waals surface area contributed by atoms with Crippen LogP contribution in [0.15, 0.2) is 30.3 Å². The van der Waals surface area contributed by atoms with Crippen LogP contribution >= 0.6 is 0 Å². The number of aliphatic carboxylic acids is 1. The van der Waals surface area contributed by atoms with Gasteiger partial charge in [-0.25, -0.2) is 4.79 Å². The van der Waals surface area contributed by atoms with Crippen LogP contribution in [-0.2, 0) is 4.79 Å². The highest BCUT2D eigenvalue weighted by Gasteiger charge is 2.19. The molecule has 1 saturated heterocycles. The molecule has 1 amide bonds. The second kappa shape index (κ2) is 7.04. The topological polar surface area (TPSA) is 69.6 Å². The highest BCUT2D eigenvalue weighted by Crippen LogP contribution is 2.10. The molecule has 0 spiro atoms. The lowest BCUT2D eigenvalue weighted by atomic mass is 10.1. The Morgan fingerprint density at radius 2 is 2.05 bits per heavy atom. The Kier molecular flexibility index (Phi) is 5.11. The fourth-order valence-corrected chi connectivity index (χ4v) is 2.47. The fourth-order valence-electron chi connectivity index (χ4n) is 2.47. The normalized spacial score (nSPS) is 19.6. The fraction of sp³-hybridized carbons (Fsp3) is 0.375. The summed E-state index contributed by atoms with van der Waals surface area (Å²) >= 11 is 0. The minimum Gasteiger partial charge on any atom is -0.478 e. The number of likely N-dealkylation sites (N-methyl/N-ethyl adjacent to an activating group) is 1. The Hall–Kier alpha value is -2.14. The number of piperidine rings is 1. The minimum atomic E-state index is -0.988. The molecule has 1 fully saturated rings. The first-order valence-electron chi connectivity index (χ1n) is 7.05. The zero-order valence-corrected chi connectivity index (χ0v) is 12.1. The van der Waals surface area contributed by atoms with Crippen molar-refractivity contribution >= 4 is 18.0 Å². The molecule has 1 atom stereocenters. The monoisotopic (exact) mass is 288 g/mol. The summed E-state index contributed by atoms with van der Waals surface area (Å²) in [4.78, 5) is 24.8. The number of likely N-dealkylation sites (tertiary alicyclic amines) is 1. The maximum Gasteiger partial charge on any atom is 0.328 e. The van der Waals surface area contributed by atoms with Gasteiger partial charge in [-0.15, -0.1) is 0 Å². The standard InChI is InChI=1S/C16H20N2O3/c1-18-10-2-3-14(11-18)17-16(21)13-7-4-12(5-8-13)6-9-15(19)20/h4-9,14H,2-3,10-11H2,1H3,(H,17,21)(H,19,20). The molecule has 2 rings (SSSR count). The van der Waals surface area contributed by atoms with Crippen LogP contribution in [0.5, 0.6) is 0 Å². The van der Waals surface area contributed by atoms with Crippen molar-refractivity contribution in [2.24, 2.45) is 0 Å². The van der Waals surface area contributed by atoms with Gasteiger partial charge in [0.2, 0.25) is 0 Å². The predicted molar refractivity (Wildman–Crippen MR) is 81.1 cm³/mol. The van der Waals surface area contributed by atoms with Gasteiger partial charge in [-0.3, -0.25) is 4.79 Å². The molecule has 1 unspecified atom stereocenters. The molecule has 0 aliphatic carbocycles. The third-order valence-electron chi connectivity index (χ3n) is 3.55. The Bertz CT molecular complexity index is 537. The number of rotatable bonds is 4. The third-order valence-corrected chi connectivity index (χ3v) is 3.55. The number of carbonyl (C=O) groups excluding carboxylic acids is 1. The molecule has 5 heteroatoms. The summed E-state index contributed by atoms with van der Waals surface area (Å²) in [6.07, 6.45) is 4.68. The van der Waals surface area contributed by atoms with Crippen LogP contribution in [0.4, 0.5) is 0 Å². The summed E-state index contributed by atoms with van der Waals surface area (Å²) in [5.41, 5.74) is 1.35. The van der Waals surface area contributed by atoms with Crippen LogP contribution in [0, 0.1) is 0 Å². The van der Waals surface area contributed by atoms with Crippen molar-refractivity contribution in [2.45, 2.75) is 18.9 Å². The van der Waals surface area contributed by atoms with Gasteiger partial charge in [0.25, 0.3) is 5.91 Å². The molecule has 0 radical (unpaired) electrons. The van der Waals surface area contributed by atoms with Gasteiger partial charge in [0.15, 0.2) is 0 Å². The lowest BCUT2D eigenvalue weighted by Crippen LogP contribution is -2.46. The summed E-state index contributed by atoms with van der Waals surface area (Å²) in [5, 5.41) is 11.6. The van der Waals surface area contributed by atoms with E-state index in [0.717, 1.165) is 37.6 Å². The van der Waals surface area contributed by atoms with E-state index in [4.69, 9.17) is 5.11 Å². The van der Waals surface area contributed by atoms with Crippen LogP contribution in [0.1, 0.15) is 28.8 Å². The van der Waals surface area contributed by atoms with Crippen molar-refractivity contribution in [1.29, 1.82) is 0 Å². The minimum absolute atomic E-state index is 0.0796. The van der Waals surface area contributed by atoms with E-state index in [1.165, 1.54) is 6.08 Å². The van der Waals surface area contributed by atoms with Crippen molar-refractivity contribution in [3.8, 4) is 0 Å². The summed E-state index contributed by atoms with van der Waals surface area (Å²) in [7, 11) is 2.06. The van der Waals surface area contributed by atoms with Gasteiger partial charge in [0, 0.05) is 24.2 Å². The predicted octanol–water partition coefficient (Wildman–Crippen LogP) is 1.61. The molecular formula is C16H20N2O3. The Labute approximate surface area is 124 Å². The van der Waals surface area contributed by atoms with E-state index in [9.17, 15) is 9.59 Å². The van der Waals surface area contributed by atoms with Gasteiger partial charge < -0.3 is 15.3 Å². The number of carboxylic acids is 1. The van der Waals surface area contributed by atoms with Crippen LogP contribution < -0.4 is 5.32 Å². The summed E-state index contributed by atoms with van der Waals surface area (Å²) < 4.78 is 0. The van der Waals surface area contributed by atoms with Gasteiger partial charge in [-0.05, 0) is 50.2 Å². The average Bonchev–Trinajstić information content (AvgIpc) is 2.45. The first-order valence-corrected chi connectivity index (χ1v) is 7.05. The van der Waals surface area contributed by atoms with Crippen molar-refractivity contribution in [3.63, 3.8) is 0 Å². The number of carbonyl (C=O) groups is 2. The first-order chi connectivity index (χ1) is 10.0. The maximum absolute atomic E-state index is 12.2. The molecule has 1 heterocycles. The zero-order valence-electron chi connectivity index (χ0n) is 12.1. The lowest BCUT2D eigenvalue weighted by molar-refractivity contribution is -0.131. The molecular weight excluding hydrogens is 268 g/mol. The Morgan fingerprint density at radius 1 is 1.33 bits per heavy atom. The molecule has 1 aliphatic rings. The van der Waals surface area contributed by atoms with Crippen molar-refractivity contribution < 1.29 is 14.7 Å². The number of nitrogens with zero attached hydrogens (tertiary/aromatic N) is 1. The molecule has 1 aromatic rings. The van der Waals surface area contributed by atoms with E-state index in [1.807, 2.05) is 0 Å². The molecule has 1 aromatic carbocycles. The first kappa shape index (κ1) is 15.3. The quantitative estimate of drug-likeness (QED) is 0.826. The summed E-state index contributed by atoms with van der Waals surface area (Å²) in [5.74, 6) is -1.07. The van der Waals surface area contributed by atoms with Crippen LogP contribution in [0.25, 0.3) is 6.08 Å². The molecule has 21 heavy (non-hydrogen) atoms. The summed E-state index contributed by atoms with van der Waals surface area (Å²) in [6, 6.07) is 7.10. The van der Waals surface area contributed by atoms with Gasteiger partial charge in [0.1, 0.15) is 0 Å². The van der Waals surface area contributed by atoms with Crippen LogP contribution in [0.2, 0.25) is 0 Å². The number of carboxylic acid groups (broad SMARTS) is 1. The van der Waals surface area contributed by atoms with E-state index in [1.54, 1.807) is 24.3 Å². The Morgan fingerprint density at radius 3 is 2.67 bits per heavy atom. The zero-order chi connectivity index (χ0) is 15.2. The van der Waals surface area contributed by atoms with Crippen molar-refractivity contribution in [3.05, 3.63) is 41.5 Å². The van der Waals surface area contributed by atoms with Gasteiger partial charge in [0.05, 0.1) is 0 Å². The van der Waals surface area contributed by atoms with E-state index in [2.05, 4.69) is 17.3 Å². The maximum atomic E-state index is 12.2. The number of hydrogen-bond donors (Lipinski definition) is 2. The van der Waals surface area contributed by atoms with E-state index in [-0.39, 0.29) is 11.9 Å². The highest BCUT2D eigenvalue weighted by atomic mass is 16.4. The summed E-state index contributed by atoms with van der Waals surface area (Å²) in [6.45, 7) is 1.96. The molecule has 0 bridgehead atoms. The van der Waals surface area contributed by atoms with Crippen molar-refractivity contribution in [2.75, 3.05) is 20.1 Å². The number of nitrogens with one attached hydrogen (secondary N) is 1. The molecule has 112 valence electrons. The number of amides is 1. The van der Waals surface area contributed by atoms with Crippen LogP contribution in [-0.4, -0.2) is 48.1 Å². The second-order valence-corrected chi connectivity index (χ2v) is 5.37. The second-order valence-electron chi connectivity index (χ2n) is 5.37. The number of hydrogen-bond acceptors (Lipinski definition) is 3. The van der Waals surface area contributed by atoms with E-state index < -0.39 is 5.97 Å². The SMILES string of the molecule is CN1CCCC(NC(=O)c2ccc(C=CC(=O)O)cc2)C1.